The number of carbonyl (C=O) groups is 3. The molecule has 2 aromatic carbocycles. The quantitative estimate of drug-likeness (QED) is 0.869. The van der Waals surface area contributed by atoms with Crippen LogP contribution in [0.5, 0.6) is 5.75 Å². The largest absolute Gasteiger partial charge is 0.482 e. The van der Waals surface area contributed by atoms with Gasteiger partial charge in [0, 0.05) is 11.3 Å². The highest BCUT2D eigenvalue weighted by Crippen LogP contribution is 2.32. The van der Waals surface area contributed by atoms with E-state index in [4.69, 9.17) is 4.74 Å². The van der Waals surface area contributed by atoms with E-state index in [0.29, 0.717) is 29.0 Å². The van der Waals surface area contributed by atoms with Gasteiger partial charge in [-0.3, -0.25) is 19.3 Å². The lowest BCUT2D eigenvalue weighted by atomic mass is 10.1. The van der Waals surface area contributed by atoms with Gasteiger partial charge in [-0.15, -0.1) is 0 Å². The molecule has 128 valence electrons. The van der Waals surface area contributed by atoms with Gasteiger partial charge in [-0.2, -0.15) is 0 Å². The Hall–Kier alpha value is -3.15. The maximum absolute atomic E-state index is 12.4. The Kier molecular flexibility index (Phi) is 4.52. The molecule has 0 bridgehead atoms. The van der Waals surface area contributed by atoms with Crippen molar-refractivity contribution < 1.29 is 19.1 Å². The predicted molar refractivity (Wildman–Crippen MR) is 94.2 cm³/mol. The zero-order valence-electron chi connectivity index (χ0n) is 14.0. The van der Waals surface area contributed by atoms with Crippen LogP contribution in [-0.4, -0.2) is 31.3 Å². The van der Waals surface area contributed by atoms with Gasteiger partial charge in [-0.25, -0.2) is 0 Å². The van der Waals surface area contributed by atoms with Gasteiger partial charge in [0.1, 0.15) is 18.6 Å². The monoisotopic (exact) mass is 338 g/mol. The van der Waals surface area contributed by atoms with Crippen molar-refractivity contribution in [2.45, 2.75) is 13.8 Å². The third-order valence-electron chi connectivity index (χ3n) is 4.03. The number of carbonyl (C=O) groups excluding carboxylic acids is 3. The van der Waals surface area contributed by atoms with Crippen molar-refractivity contribution in [2.75, 3.05) is 23.4 Å². The average Bonchev–Trinajstić information content (AvgIpc) is 2.60. The number of amides is 2. The van der Waals surface area contributed by atoms with Crippen molar-refractivity contribution in [1.82, 2.24) is 0 Å². The van der Waals surface area contributed by atoms with Crippen LogP contribution in [0.15, 0.2) is 36.4 Å². The van der Waals surface area contributed by atoms with E-state index >= 15 is 0 Å². The molecule has 3 rings (SSSR count). The first-order chi connectivity index (χ1) is 12.0. The van der Waals surface area contributed by atoms with E-state index in [2.05, 4.69) is 5.32 Å². The SMILES string of the molecule is Cc1ccc(C)c(NC(=O)CN2C(=O)COc3ccc(C=O)cc32)c1. The van der Waals surface area contributed by atoms with Gasteiger partial charge < -0.3 is 10.1 Å². The standard InChI is InChI=1S/C19H18N2O4/c1-12-3-4-13(2)15(7-12)20-18(23)9-21-16-8-14(10-22)5-6-17(16)25-11-19(21)24/h3-8,10H,9,11H2,1-2H3,(H,20,23). The molecule has 2 amide bonds. The van der Waals surface area contributed by atoms with Crippen LogP contribution >= 0.6 is 0 Å². The van der Waals surface area contributed by atoms with E-state index in [0.717, 1.165) is 11.1 Å². The molecule has 0 spiro atoms. The number of nitrogens with zero attached hydrogens (tertiary/aromatic N) is 1. The minimum Gasteiger partial charge on any atom is -0.482 e. The van der Waals surface area contributed by atoms with Crippen LogP contribution < -0.4 is 15.0 Å². The molecule has 1 N–H and O–H groups in total. The molecule has 0 aromatic heterocycles. The van der Waals surface area contributed by atoms with Crippen LogP contribution in [0.25, 0.3) is 0 Å². The Morgan fingerprint density at radius 1 is 1.24 bits per heavy atom. The Labute approximate surface area is 145 Å². The van der Waals surface area contributed by atoms with E-state index < -0.39 is 0 Å². The number of anilines is 2. The summed E-state index contributed by atoms with van der Waals surface area (Å²) in [5, 5.41) is 2.84. The molecule has 0 saturated heterocycles. The average molecular weight is 338 g/mol. The van der Waals surface area contributed by atoms with Gasteiger partial charge in [-0.05, 0) is 49.2 Å². The molecule has 0 radical (unpaired) electrons. The summed E-state index contributed by atoms with van der Waals surface area (Å²) in [6, 6.07) is 10.6. The molecule has 0 aliphatic carbocycles. The number of rotatable bonds is 4. The zero-order chi connectivity index (χ0) is 18.0. The van der Waals surface area contributed by atoms with E-state index in [1.807, 2.05) is 32.0 Å². The summed E-state index contributed by atoms with van der Waals surface area (Å²) < 4.78 is 5.36. The fourth-order valence-electron chi connectivity index (χ4n) is 2.67. The molecule has 6 heteroatoms. The number of nitrogens with one attached hydrogen (secondary N) is 1. The van der Waals surface area contributed by atoms with E-state index in [1.54, 1.807) is 18.2 Å². The molecule has 1 aliphatic heterocycles. The fraction of sp³-hybridized carbons (Fsp3) is 0.211. The minimum absolute atomic E-state index is 0.135. The Balaban J connectivity index is 1.82. The minimum atomic E-state index is -0.327. The molecule has 2 aromatic rings. The van der Waals surface area contributed by atoms with Crippen LogP contribution in [0, 0.1) is 13.8 Å². The molecular formula is C19H18N2O4. The second kappa shape index (κ2) is 6.76. The molecule has 1 aliphatic rings. The number of fused-ring (bicyclic) bond motifs is 1. The Morgan fingerprint density at radius 2 is 2.04 bits per heavy atom. The number of aryl methyl sites for hydroxylation is 2. The first-order valence-electron chi connectivity index (χ1n) is 7.87. The van der Waals surface area contributed by atoms with Crippen molar-refractivity contribution in [3.63, 3.8) is 0 Å². The maximum Gasteiger partial charge on any atom is 0.265 e. The summed E-state index contributed by atoms with van der Waals surface area (Å²) in [6.07, 6.45) is 0.688. The molecule has 1 heterocycles. The van der Waals surface area contributed by atoms with Crippen molar-refractivity contribution in [1.29, 1.82) is 0 Å². The molecule has 0 saturated carbocycles. The zero-order valence-corrected chi connectivity index (χ0v) is 14.0. The lowest BCUT2D eigenvalue weighted by molar-refractivity contribution is -0.123. The molecule has 6 nitrogen and oxygen atoms in total. The van der Waals surface area contributed by atoms with Gasteiger partial charge in [-0.1, -0.05) is 12.1 Å². The third-order valence-corrected chi connectivity index (χ3v) is 4.03. The summed E-state index contributed by atoms with van der Waals surface area (Å²) >= 11 is 0. The first kappa shape index (κ1) is 16.7. The summed E-state index contributed by atoms with van der Waals surface area (Å²) in [6.45, 7) is 3.56. The smallest absolute Gasteiger partial charge is 0.265 e. The Bertz CT molecular complexity index is 860. The van der Waals surface area contributed by atoms with Crippen LogP contribution in [0.3, 0.4) is 0 Å². The van der Waals surface area contributed by atoms with Crippen LogP contribution in [0.1, 0.15) is 21.5 Å². The van der Waals surface area contributed by atoms with Crippen molar-refractivity contribution >= 4 is 29.5 Å². The van der Waals surface area contributed by atoms with E-state index in [9.17, 15) is 14.4 Å². The predicted octanol–water partition coefficient (Wildman–Crippen LogP) is 2.48. The number of aldehydes is 1. The van der Waals surface area contributed by atoms with Gasteiger partial charge >= 0.3 is 0 Å². The van der Waals surface area contributed by atoms with E-state index in [-0.39, 0.29) is 25.0 Å². The highest BCUT2D eigenvalue weighted by Gasteiger charge is 2.27. The van der Waals surface area contributed by atoms with Crippen LogP contribution in [-0.2, 0) is 9.59 Å². The second-order valence-corrected chi connectivity index (χ2v) is 5.98. The van der Waals surface area contributed by atoms with Crippen LogP contribution in [0.4, 0.5) is 11.4 Å². The van der Waals surface area contributed by atoms with Crippen molar-refractivity contribution in [3.8, 4) is 5.75 Å². The number of ether oxygens (including phenoxy) is 1. The number of benzene rings is 2. The normalized spacial score (nSPS) is 13.0. The molecular weight excluding hydrogens is 320 g/mol. The van der Waals surface area contributed by atoms with E-state index in [1.165, 1.54) is 4.90 Å². The summed E-state index contributed by atoms with van der Waals surface area (Å²) in [7, 11) is 0. The maximum atomic E-state index is 12.4. The number of hydrogen-bond donors (Lipinski definition) is 1. The lowest BCUT2D eigenvalue weighted by Gasteiger charge is -2.29. The molecule has 0 fully saturated rings. The molecule has 0 atom stereocenters. The first-order valence-corrected chi connectivity index (χ1v) is 7.87. The lowest BCUT2D eigenvalue weighted by Crippen LogP contribution is -2.43. The summed E-state index contributed by atoms with van der Waals surface area (Å²) in [5.41, 5.74) is 3.53. The number of hydrogen-bond acceptors (Lipinski definition) is 4. The fourth-order valence-corrected chi connectivity index (χ4v) is 2.67. The molecule has 0 unspecified atom stereocenters. The highest BCUT2D eigenvalue weighted by atomic mass is 16.5. The van der Waals surface area contributed by atoms with Crippen LogP contribution in [0.2, 0.25) is 0 Å². The van der Waals surface area contributed by atoms with Gasteiger partial charge in [0.15, 0.2) is 6.61 Å². The summed E-state index contributed by atoms with van der Waals surface area (Å²) in [5.74, 6) is -0.164. The Morgan fingerprint density at radius 3 is 2.80 bits per heavy atom. The highest BCUT2D eigenvalue weighted by molar-refractivity contribution is 6.05. The van der Waals surface area contributed by atoms with Crippen molar-refractivity contribution in [2.24, 2.45) is 0 Å². The summed E-state index contributed by atoms with van der Waals surface area (Å²) in [4.78, 5) is 37.0. The third kappa shape index (κ3) is 3.52. The van der Waals surface area contributed by atoms with Crippen molar-refractivity contribution in [3.05, 3.63) is 53.1 Å². The second-order valence-electron chi connectivity index (χ2n) is 5.98. The van der Waals surface area contributed by atoms with Gasteiger partial charge in [0.05, 0.1) is 5.69 Å². The van der Waals surface area contributed by atoms with Gasteiger partial charge in [0.2, 0.25) is 5.91 Å². The van der Waals surface area contributed by atoms with Gasteiger partial charge in [0.25, 0.3) is 5.91 Å². The molecule has 25 heavy (non-hydrogen) atoms. The topological polar surface area (TPSA) is 75.7 Å².